The number of carboxylic acid groups (broad SMARTS) is 1. The Labute approximate surface area is 142 Å². The predicted molar refractivity (Wildman–Crippen MR) is 89.1 cm³/mol. The molecule has 2 amide bonds. The van der Waals surface area contributed by atoms with E-state index < -0.39 is 12.0 Å². The summed E-state index contributed by atoms with van der Waals surface area (Å²) in [5, 5.41) is 12.0. The first-order chi connectivity index (χ1) is 11.4. The second kappa shape index (κ2) is 7.64. The summed E-state index contributed by atoms with van der Waals surface area (Å²) in [6.45, 7) is 0.0924. The summed E-state index contributed by atoms with van der Waals surface area (Å²) in [5.41, 5.74) is 0.577. The van der Waals surface area contributed by atoms with Crippen molar-refractivity contribution in [2.24, 2.45) is 0 Å². The summed E-state index contributed by atoms with van der Waals surface area (Å²) < 4.78 is 14.7. The van der Waals surface area contributed by atoms with Gasteiger partial charge in [-0.2, -0.15) is 4.37 Å². The van der Waals surface area contributed by atoms with Crippen LogP contribution in [0, 0.1) is 0 Å². The molecule has 2 aromatic rings. The molecule has 8 nitrogen and oxygen atoms in total. The third-order valence-corrected chi connectivity index (χ3v) is 3.80. The molecule has 0 radical (unpaired) electrons. The Hall–Kier alpha value is -2.81. The molecule has 0 saturated heterocycles. The van der Waals surface area contributed by atoms with Crippen molar-refractivity contribution in [3.8, 4) is 11.6 Å². The molecule has 0 bridgehead atoms. The van der Waals surface area contributed by atoms with Crippen LogP contribution >= 0.6 is 11.5 Å². The minimum Gasteiger partial charge on any atom is -0.496 e. The van der Waals surface area contributed by atoms with Crippen molar-refractivity contribution in [3.05, 3.63) is 35.4 Å². The number of benzene rings is 1. The van der Waals surface area contributed by atoms with Gasteiger partial charge in [0.1, 0.15) is 17.4 Å². The number of para-hydroxylation sites is 1. The smallest absolute Gasteiger partial charge is 0.344 e. The maximum atomic E-state index is 11.7. The molecule has 2 rings (SSSR count). The Morgan fingerprint density at radius 3 is 2.67 bits per heavy atom. The number of anilines is 1. The number of hydrogen-bond acceptors (Lipinski definition) is 6. The molecule has 0 saturated carbocycles. The second-order valence-corrected chi connectivity index (χ2v) is 5.70. The molecule has 0 aliphatic rings. The fourth-order valence-corrected chi connectivity index (χ4v) is 2.54. The van der Waals surface area contributed by atoms with Gasteiger partial charge in [-0.1, -0.05) is 18.2 Å². The molecule has 0 aliphatic heterocycles. The number of methoxy groups -OCH3 is 1. The van der Waals surface area contributed by atoms with Gasteiger partial charge < -0.3 is 19.5 Å². The lowest BCUT2D eigenvalue weighted by Crippen LogP contribution is -2.27. The minimum atomic E-state index is -1.23. The second-order valence-electron chi connectivity index (χ2n) is 4.92. The largest absolute Gasteiger partial charge is 0.496 e. The quantitative estimate of drug-likeness (QED) is 0.829. The van der Waals surface area contributed by atoms with Crippen LogP contribution in [0.5, 0.6) is 11.6 Å². The number of urea groups is 1. The fourth-order valence-electron chi connectivity index (χ4n) is 1.83. The van der Waals surface area contributed by atoms with Crippen molar-refractivity contribution >= 4 is 28.5 Å². The van der Waals surface area contributed by atoms with E-state index in [0.717, 1.165) is 17.1 Å². The summed E-state index contributed by atoms with van der Waals surface area (Å²) in [5.74, 6) is -0.647. The number of carboxylic acids is 1. The van der Waals surface area contributed by atoms with Crippen molar-refractivity contribution in [3.63, 3.8) is 0 Å². The third-order valence-electron chi connectivity index (χ3n) is 3.06. The molecule has 2 N–H and O–H groups in total. The van der Waals surface area contributed by atoms with Gasteiger partial charge in [-0.3, -0.25) is 5.32 Å². The fraction of sp³-hybridized carbons (Fsp3) is 0.267. The zero-order valence-electron chi connectivity index (χ0n) is 13.4. The Morgan fingerprint density at radius 1 is 1.33 bits per heavy atom. The zero-order chi connectivity index (χ0) is 17.7. The lowest BCUT2D eigenvalue weighted by Gasteiger charge is -2.11. The molecule has 0 atom stereocenters. The topological polar surface area (TPSA) is 101 Å². The van der Waals surface area contributed by atoms with E-state index >= 15 is 0 Å². The summed E-state index contributed by atoms with van der Waals surface area (Å²) in [6, 6.07) is 6.78. The highest BCUT2D eigenvalue weighted by Crippen LogP contribution is 2.32. The number of hydrogen-bond donors (Lipinski definition) is 2. The molecule has 9 heteroatoms. The van der Waals surface area contributed by atoms with E-state index in [-0.39, 0.29) is 23.1 Å². The number of nitrogens with one attached hydrogen (secondary N) is 1. The van der Waals surface area contributed by atoms with E-state index in [1.807, 2.05) is 12.1 Å². The van der Waals surface area contributed by atoms with Crippen molar-refractivity contribution in [1.82, 2.24) is 9.27 Å². The highest BCUT2D eigenvalue weighted by molar-refractivity contribution is 7.11. The van der Waals surface area contributed by atoms with Gasteiger partial charge in [-0.15, -0.1) is 0 Å². The first-order valence-electron chi connectivity index (χ1n) is 6.90. The van der Waals surface area contributed by atoms with Crippen LogP contribution in [0.25, 0.3) is 0 Å². The van der Waals surface area contributed by atoms with Crippen LogP contribution in [-0.4, -0.2) is 47.6 Å². The van der Waals surface area contributed by atoms with Crippen LogP contribution in [0.15, 0.2) is 24.3 Å². The van der Waals surface area contributed by atoms with Crippen molar-refractivity contribution in [2.75, 3.05) is 26.5 Å². The van der Waals surface area contributed by atoms with Crippen LogP contribution in [0.4, 0.5) is 9.80 Å². The highest BCUT2D eigenvalue weighted by atomic mass is 32.1. The van der Waals surface area contributed by atoms with E-state index in [9.17, 15) is 14.7 Å². The lowest BCUT2D eigenvalue weighted by molar-refractivity contribution is 0.0693. The number of amides is 2. The summed E-state index contributed by atoms with van der Waals surface area (Å²) >= 11 is 0.850. The number of aromatic nitrogens is 1. The number of ether oxygens (including phenoxy) is 2. The average molecular weight is 351 g/mol. The van der Waals surface area contributed by atoms with Gasteiger partial charge in [-0.05, 0) is 17.6 Å². The predicted octanol–water partition coefficient (Wildman–Crippen LogP) is 2.52. The lowest BCUT2D eigenvalue weighted by atomic mass is 10.2. The zero-order valence-corrected chi connectivity index (χ0v) is 14.2. The van der Waals surface area contributed by atoms with Gasteiger partial charge in [0, 0.05) is 19.7 Å². The molecule has 0 aliphatic carbocycles. The number of rotatable bonds is 6. The van der Waals surface area contributed by atoms with Gasteiger partial charge in [0.2, 0.25) is 5.88 Å². The molecular formula is C15H17N3O5S. The van der Waals surface area contributed by atoms with Crippen molar-refractivity contribution in [2.45, 2.75) is 6.61 Å². The number of carbonyl (C=O) groups excluding carboxylic acids is 1. The van der Waals surface area contributed by atoms with E-state index in [0.29, 0.717) is 5.75 Å². The monoisotopic (exact) mass is 351 g/mol. The van der Waals surface area contributed by atoms with E-state index in [1.165, 1.54) is 4.90 Å². The molecule has 128 valence electrons. The Bertz CT molecular complexity index is 744. The van der Waals surface area contributed by atoms with E-state index in [1.54, 1.807) is 33.3 Å². The number of aromatic carboxylic acids is 1. The molecule has 1 heterocycles. The molecule has 0 unspecified atom stereocenters. The standard InChI is InChI=1S/C15H17N3O5S/c1-18(2)15(21)16-13-11(14(19)20)12(17-24-13)23-8-9-6-4-5-7-10(9)22-3/h4-7H,8H2,1-3H3,(H,16,21)(H,19,20). The minimum absolute atomic E-state index is 0.0486. The molecular weight excluding hydrogens is 334 g/mol. The maximum Gasteiger partial charge on any atom is 0.344 e. The summed E-state index contributed by atoms with van der Waals surface area (Å²) in [6.07, 6.45) is 0. The first kappa shape index (κ1) is 17.5. The number of carbonyl (C=O) groups is 2. The molecule has 1 aromatic heterocycles. The molecule has 0 fully saturated rings. The summed E-state index contributed by atoms with van der Waals surface area (Å²) in [7, 11) is 4.64. The first-order valence-corrected chi connectivity index (χ1v) is 7.67. The van der Waals surface area contributed by atoms with E-state index in [2.05, 4.69) is 9.69 Å². The van der Waals surface area contributed by atoms with Crippen LogP contribution in [-0.2, 0) is 6.61 Å². The van der Waals surface area contributed by atoms with Crippen LogP contribution in [0.1, 0.15) is 15.9 Å². The maximum absolute atomic E-state index is 11.7. The van der Waals surface area contributed by atoms with Crippen LogP contribution < -0.4 is 14.8 Å². The van der Waals surface area contributed by atoms with Gasteiger partial charge in [0.25, 0.3) is 0 Å². The Balaban J connectivity index is 2.20. The van der Waals surface area contributed by atoms with Gasteiger partial charge >= 0.3 is 12.0 Å². The van der Waals surface area contributed by atoms with Gasteiger partial charge in [-0.25, -0.2) is 9.59 Å². The van der Waals surface area contributed by atoms with Gasteiger partial charge in [0.05, 0.1) is 7.11 Å². The molecule has 1 aromatic carbocycles. The van der Waals surface area contributed by atoms with Crippen LogP contribution in [0.2, 0.25) is 0 Å². The van der Waals surface area contributed by atoms with Gasteiger partial charge in [0.15, 0.2) is 5.56 Å². The summed E-state index contributed by atoms with van der Waals surface area (Å²) in [4.78, 5) is 24.5. The third kappa shape index (κ3) is 3.93. The molecule has 24 heavy (non-hydrogen) atoms. The SMILES string of the molecule is COc1ccccc1COc1nsc(NC(=O)N(C)C)c1C(=O)O. The normalized spacial score (nSPS) is 10.1. The highest BCUT2D eigenvalue weighted by Gasteiger charge is 2.24. The Morgan fingerprint density at radius 2 is 2.04 bits per heavy atom. The Kier molecular flexibility index (Phi) is 5.59. The molecule has 0 spiro atoms. The van der Waals surface area contributed by atoms with E-state index in [4.69, 9.17) is 9.47 Å². The number of nitrogens with zero attached hydrogens (tertiary/aromatic N) is 2. The van der Waals surface area contributed by atoms with Crippen LogP contribution in [0.3, 0.4) is 0 Å². The average Bonchev–Trinajstić information content (AvgIpc) is 2.95. The van der Waals surface area contributed by atoms with Crippen molar-refractivity contribution in [1.29, 1.82) is 0 Å². The van der Waals surface area contributed by atoms with Crippen molar-refractivity contribution < 1.29 is 24.2 Å².